The van der Waals surface area contributed by atoms with E-state index >= 15 is 0 Å². The molecule has 140 valence electrons. The van der Waals surface area contributed by atoms with Gasteiger partial charge in [0.2, 0.25) is 0 Å². The second-order valence-corrected chi connectivity index (χ2v) is 7.77. The van der Waals surface area contributed by atoms with E-state index in [-0.39, 0.29) is 17.3 Å². The van der Waals surface area contributed by atoms with Gasteiger partial charge in [-0.1, -0.05) is 67.6 Å². The minimum atomic E-state index is -4.42. The van der Waals surface area contributed by atoms with Gasteiger partial charge in [0.05, 0.1) is 0 Å². The molecule has 0 heterocycles. The van der Waals surface area contributed by atoms with Gasteiger partial charge in [-0.3, -0.25) is 4.55 Å². The maximum atomic E-state index is 11.9. The highest BCUT2D eigenvalue weighted by Gasteiger charge is 2.22. The van der Waals surface area contributed by atoms with Crippen LogP contribution in [0.4, 0.5) is 0 Å². The molecule has 3 aromatic carbocycles. The summed E-state index contributed by atoms with van der Waals surface area (Å²) in [6.07, 6.45) is 0.918. The van der Waals surface area contributed by atoms with E-state index < -0.39 is 10.1 Å². The Balaban J connectivity index is 2.12. The average Bonchev–Trinajstić information content (AvgIpc) is 2.66. The van der Waals surface area contributed by atoms with Crippen molar-refractivity contribution in [2.45, 2.75) is 31.8 Å². The summed E-state index contributed by atoms with van der Waals surface area (Å²) in [4.78, 5) is -0.224. The first-order chi connectivity index (χ1) is 12.9. The molecule has 27 heavy (non-hydrogen) atoms. The van der Waals surface area contributed by atoms with Crippen LogP contribution in [0.25, 0.3) is 11.1 Å². The highest BCUT2D eigenvalue weighted by molar-refractivity contribution is 7.86. The van der Waals surface area contributed by atoms with Crippen LogP contribution in [0, 0.1) is 6.92 Å². The van der Waals surface area contributed by atoms with Gasteiger partial charge in [0.25, 0.3) is 10.1 Å². The zero-order valence-electron chi connectivity index (χ0n) is 15.3. The number of ether oxygens (including phenoxy) is 1. The van der Waals surface area contributed by atoms with E-state index in [1.165, 1.54) is 11.6 Å². The van der Waals surface area contributed by atoms with Gasteiger partial charge < -0.3 is 4.74 Å². The minimum absolute atomic E-state index is 0.172. The SMILES string of the molecule is CCc1ccc(-c2c(C)ccc(S(=O)(=O)O)c2OCc2ccccc2)cc1. The molecule has 0 aliphatic heterocycles. The number of benzene rings is 3. The molecule has 1 N–H and O–H groups in total. The normalized spacial score (nSPS) is 11.4. The molecule has 0 spiro atoms. The average molecular weight is 382 g/mol. The van der Waals surface area contributed by atoms with Crippen molar-refractivity contribution < 1.29 is 17.7 Å². The number of hydrogen-bond acceptors (Lipinski definition) is 3. The third kappa shape index (κ3) is 4.38. The van der Waals surface area contributed by atoms with E-state index in [0.29, 0.717) is 5.56 Å². The second-order valence-electron chi connectivity index (χ2n) is 6.38. The zero-order chi connectivity index (χ0) is 19.4. The van der Waals surface area contributed by atoms with Gasteiger partial charge in [0, 0.05) is 5.56 Å². The van der Waals surface area contributed by atoms with E-state index in [0.717, 1.165) is 23.1 Å². The third-order valence-corrected chi connectivity index (χ3v) is 5.36. The monoisotopic (exact) mass is 382 g/mol. The minimum Gasteiger partial charge on any atom is -0.487 e. The van der Waals surface area contributed by atoms with Crippen molar-refractivity contribution in [1.29, 1.82) is 0 Å². The molecule has 0 amide bonds. The Morgan fingerprint density at radius 3 is 2.15 bits per heavy atom. The highest BCUT2D eigenvalue weighted by atomic mass is 32.2. The fraction of sp³-hybridized carbons (Fsp3) is 0.182. The molecule has 0 fully saturated rings. The standard InChI is InChI=1S/C22H22O4S/c1-3-17-10-12-19(13-11-17)21-16(2)9-14-20(27(23,24)25)22(21)26-15-18-7-5-4-6-8-18/h4-14H,3,15H2,1-2H3,(H,23,24,25). The highest BCUT2D eigenvalue weighted by Crippen LogP contribution is 2.39. The lowest BCUT2D eigenvalue weighted by Gasteiger charge is -2.17. The first-order valence-corrected chi connectivity index (χ1v) is 10.2. The Morgan fingerprint density at radius 1 is 0.889 bits per heavy atom. The summed E-state index contributed by atoms with van der Waals surface area (Å²) in [6.45, 7) is 4.17. The Bertz CT molecular complexity index is 1020. The van der Waals surface area contributed by atoms with E-state index in [1.54, 1.807) is 6.07 Å². The smallest absolute Gasteiger partial charge is 0.298 e. The van der Waals surface area contributed by atoms with Crippen LogP contribution < -0.4 is 4.74 Å². The van der Waals surface area contributed by atoms with Crippen LogP contribution in [0.15, 0.2) is 71.6 Å². The molecule has 3 aromatic rings. The van der Waals surface area contributed by atoms with Gasteiger partial charge in [0.1, 0.15) is 17.3 Å². The number of aryl methyl sites for hydroxylation is 2. The molecular formula is C22H22O4S. The lowest BCUT2D eigenvalue weighted by atomic mass is 9.98. The summed E-state index contributed by atoms with van der Waals surface area (Å²) < 4.78 is 39.5. The Morgan fingerprint density at radius 2 is 1.56 bits per heavy atom. The van der Waals surface area contributed by atoms with Crippen molar-refractivity contribution in [2.24, 2.45) is 0 Å². The summed E-state index contributed by atoms with van der Waals surface area (Å²) in [5, 5.41) is 0. The summed E-state index contributed by atoms with van der Waals surface area (Å²) in [7, 11) is -4.42. The van der Waals surface area contributed by atoms with Crippen molar-refractivity contribution in [1.82, 2.24) is 0 Å². The number of hydrogen-bond donors (Lipinski definition) is 1. The van der Waals surface area contributed by atoms with Crippen LogP contribution in [0.2, 0.25) is 0 Å². The summed E-state index contributed by atoms with van der Waals surface area (Å²) in [6, 6.07) is 20.5. The lowest BCUT2D eigenvalue weighted by Crippen LogP contribution is -2.06. The van der Waals surface area contributed by atoms with Gasteiger partial charge in [-0.15, -0.1) is 0 Å². The van der Waals surface area contributed by atoms with Crippen LogP contribution >= 0.6 is 0 Å². The molecule has 0 atom stereocenters. The Labute approximate surface area is 160 Å². The van der Waals surface area contributed by atoms with Gasteiger partial charge >= 0.3 is 0 Å². The third-order valence-electron chi connectivity index (χ3n) is 4.48. The topological polar surface area (TPSA) is 63.6 Å². The first-order valence-electron chi connectivity index (χ1n) is 8.77. The van der Waals surface area contributed by atoms with Crippen LogP contribution in [-0.2, 0) is 23.1 Å². The van der Waals surface area contributed by atoms with Gasteiger partial charge in [-0.25, -0.2) is 0 Å². The molecule has 0 aromatic heterocycles. The lowest BCUT2D eigenvalue weighted by molar-refractivity contribution is 0.298. The summed E-state index contributed by atoms with van der Waals surface area (Å²) in [5.74, 6) is 0.172. The van der Waals surface area contributed by atoms with E-state index in [9.17, 15) is 13.0 Å². The summed E-state index contributed by atoms with van der Waals surface area (Å²) in [5.41, 5.74) is 4.48. The van der Waals surface area contributed by atoms with Crippen molar-refractivity contribution in [3.05, 3.63) is 83.4 Å². The van der Waals surface area contributed by atoms with E-state index in [2.05, 4.69) is 6.92 Å². The molecule has 0 saturated heterocycles. The predicted molar refractivity (Wildman–Crippen MR) is 107 cm³/mol. The maximum Gasteiger partial charge on any atom is 0.298 e. The number of rotatable bonds is 6. The zero-order valence-corrected chi connectivity index (χ0v) is 16.2. The van der Waals surface area contributed by atoms with Gasteiger partial charge in [0.15, 0.2) is 0 Å². The largest absolute Gasteiger partial charge is 0.487 e. The molecule has 0 unspecified atom stereocenters. The molecule has 3 rings (SSSR count). The molecule has 0 aliphatic carbocycles. The quantitative estimate of drug-likeness (QED) is 0.606. The molecule has 4 nitrogen and oxygen atoms in total. The fourth-order valence-electron chi connectivity index (χ4n) is 3.00. The maximum absolute atomic E-state index is 11.9. The van der Waals surface area contributed by atoms with Crippen molar-refractivity contribution in [3.63, 3.8) is 0 Å². The van der Waals surface area contributed by atoms with E-state index in [1.807, 2.05) is 61.5 Å². The van der Waals surface area contributed by atoms with Crippen LogP contribution in [-0.4, -0.2) is 13.0 Å². The predicted octanol–water partition coefficient (Wildman–Crippen LogP) is 5.05. The van der Waals surface area contributed by atoms with Crippen LogP contribution in [0.1, 0.15) is 23.6 Å². The molecular weight excluding hydrogens is 360 g/mol. The van der Waals surface area contributed by atoms with E-state index in [4.69, 9.17) is 4.74 Å². The first kappa shape index (κ1) is 19.1. The molecule has 0 bridgehead atoms. The van der Waals surface area contributed by atoms with Gasteiger partial charge in [-0.2, -0.15) is 8.42 Å². The summed E-state index contributed by atoms with van der Waals surface area (Å²) >= 11 is 0. The Kier molecular flexibility index (Phi) is 5.63. The molecule has 5 heteroatoms. The van der Waals surface area contributed by atoms with Crippen molar-refractivity contribution in [3.8, 4) is 16.9 Å². The van der Waals surface area contributed by atoms with Gasteiger partial charge in [-0.05, 0) is 41.7 Å². The Hall–Kier alpha value is -2.63. The van der Waals surface area contributed by atoms with Crippen molar-refractivity contribution in [2.75, 3.05) is 0 Å². The molecule has 0 saturated carbocycles. The molecule has 0 aliphatic rings. The second kappa shape index (κ2) is 7.94. The fourth-order valence-corrected chi connectivity index (χ4v) is 3.64. The van der Waals surface area contributed by atoms with Crippen molar-refractivity contribution >= 4 is 10.1 Å². The van der Waals surface area contributed by atoms with Crippen LogP contribution in [0.3, 0.4) is 0 Å². The van der Waals surface area contributed by atoms with Crippen LogP contribution in [0.5, 0.6) is 5.75 Å². The molecule has 0 radical (unpaired) electrons.